The van der Waals surface area contributed by atoms with Gasteiger partial charge in [-0.25, -0.2) is 9.97 Å². The average molecular weight is 431 g/mol. The molecule has 4 heterocycles. The Hall–Kier alpha value is -3.65. The Morgan fingerprint density at radius 2 is 2.00 bits per heavy atom. The maximum absolute atomic E-state index is 13.0. The van der Waals surface area contributed by atoms with Crippen molar-refractivity contribution in [2.75, 3.05) is 37.7 Å². The Labute approximate surface area is 186 Å². The molecule has 0 saturated carbocycles. The Balaban J connectivity index is 1.41. The van der Waals surface area contributed by atoms with Crippen LogP contribution in [0.2, 0.25) is 0 Å². The molecular weight excluding hydrogens is 404 g/mol. The average Bonchev–Trinajstić information content (AvgIpc) is 3.49. The van der Waals surface area contributed by atoms with E-state index >= 15 is 0 Å². The summed E-state index contributed by atoms with van der Waals surface area (Å²) in [5.74, 6) is -0.174. The minimum Gasteiger partial charge on any atom is -0.378 e. The van der Waals surface area contributed by atoms with Crippen LogP contribution in [0, 0.1) is 0 Å². The third kappa shape index (κ3) is 4.09. The number of aromatic amines is 1. The van der Waals surface area contributed by atoms with Crippen LogP contribution in [-0.4, -0.2) is 58.3 Å². The summed E-state index contributed by atoms with van der Waals surface area (Å²) in [7, 11) is 1.98. The second kappa shape index (κ2) is 8.84. The number of pyridine rings is 1. The third-order valence-electron chi connectivity index (χ3n) is 5.87. The summed E-state index contributed by atoms with van der Waals surface area (Å²) in [5, 5.41) is 3.84. The van der Waals surface area contributed by atoms with Crippen LogP contribution in [0.4, 0.5) is 5.69 Å². The number of fused-ring (bicyclic) bond motifs is 1. The maximum Gasteiger partial charge on any atom is 0.270 e. The predicted molar refractivity (Wildman–Crippen MR) is 124 cm³/mol. The molecule has 3 aromatic heterocycles. The lowest BCUT2D eigenvalue weighted by Gasteiger charge is -2.28. The van der Waals surface area contributed by atoms with E-state index in [0.717, 1.165) is 54.2 Å². The van der Waals surface area contributed by atoms with Crippen LogP contribution in [0.15, 0.2) is 55.1 Å². The molecule has 2 N–H and O–H groups in total. The van der Waals surface area contributed by atoms with Crippen LogP contribution in [0.1, 0.15) is 16.2 Å². The molecule has 0 aliphatic carbocycles. The number of aromatic nitrogens is 4. The van der Waals surface area contributed by atoms with E-state index in [9.17, 15) is 4.79 Å². The molecule has 0 radical (unpaired) electrons. The number of aryl methyl sites for hydroxylation is 1. The summed E-state index contributed by atoms with van der Waals surface area (Å²) in [6.07, 6.45) is 6.05. The molecule has 1 aromatic carbocycles. The van der Waals surface area contributed by atoms with Gasteiger partial charge >= 0.3 is 0 Å². The number of ether oxygens (including phenoxy) is 1. The van der Waals surface area contributed by atoms with Gasteiger partial charge < -0.3 is 24.5 Å². The normalized spacial score (nSPS) is 14.1. The topological polar surface area (TPSA) is 88.1 Å². The zero-order valence-electron chi connectivity index (χ0n) is 18.0. The first-order valence-electron chi connectivity index (χ1n) is 10.8. The molecule has 0 unspecified atom stereocenters. The monoisotopic (exact) mass is 430 g/mol. The van der Waals surface area contributed by atoms with Crippen LogP contribution in [0.25, 0.3) is 22.2 Å². The smallest absolute Gasteiger partial charge is 0.270 e. The first kappa shape index (κ1) is 20.3. The molecule has 1 saturated heterocycles. The standard InChI is InChI=1S/C24H26N6O2/c1-29-9-7-20-22(29)14-21(17-2-4-19(5-3-17)30-10-12-32-13-11-30)28-23(20)24(31)26-8-6-18-15-25-16-27-18/h2-5,7,9,14-16H,6,8,10-13H2,1H3,(H,25,27)(H,26,31). The lowest BCUT2D eigenvalue weighted by Crippen LogP contribution is -2.36. The van der Waals surface area contributed by atoms with E-state index in [4.69, 9.17) is 9.72 Å². The fraction of sp³-hybridized carbons (Fsp3) is 0.292. The molecule has 8 nitrogen and oxygen atoms in total. The number of nitrogens with one attached hydrogen (secondary N) is 2. The van der Waals surface area contributed by atoms with Gasteiger partial charge in [-0.05, 0) is 24.3 Å². The second-order valence-corrected chi connectivity index (χ2v) is 7.94. The first-order valence-corrected chi connectivity index (χ1v) is 10.8. The molecule has 5 rings (SSSR count). The fourth-order valence-electron chi connectivity index (χ4n) is 4.07. The van der Waals surface area contributed by atoms with E-state index in [0.29, 0.717) is 18.7 Å². The van der Waals surface area contributed by atoms with Gasteiger partial charge in [0.15, 0.2) is 0 Å². The number of nitrogens with zero attached hydrogens (tertiary/aromatic N) is 4. The number of amides is 1. The number of anilines is 1. The summed E-state index contributed by atoms with van der Waals surface area (Å²) in [6, 6.07) is 12.4. The minimum absolute atomic E-state index is 0.174. The molecule has 1 fully saturated rings. The van der Waals surface area contributed by atoms with Gasteiger partial charge in [-0.2, -0.15) is 0 Å². The van der Waals surface area contributed by atoms with Gasteiger partial charge in [0.05, 0.1) is 30.8 Å². The van der Waals surface area contributed by atoms with Crippen molar-refractivity contribution in [3.8, 4) is 11.3 Å². The van der Waals surface area contributed by atoms with Crippen LogP contribution in [-0.2, 0) is 18.2 Å². The first-order chi connectivity index (χ1) is 15.7. The van der Waals surface area contributed by atoms with E-state index in [1.54, 1.807) is 12.5 Å². The highest BCUT2D eigenvalue weighted by atomic mass is 16.5. The van der Waals surface area contributed by atoms with Gasteiger partial charge in [-0.1, -0.05) is 12.1 Å². The summed E-state index contributed by atoms with van der Waals surface area (Å²) < 4.78 is 7.46. The highest BCUT2D eigenvalue weighted by Gasteiger charge is 2.17. The number of rotatable bonds is 6. The number of benzene rings is 1. The van der Waals surface area contributed by atoms with Gasteiger partial charge in [-0.15, -0.1) is 0 Å². The highest BCUT2D eigenvalue weighted by Crippen LogP contribution is 2.27. The van der Waals surface area contributed by atoms with Crippen molar-refractivity contribution in [2.24, 2.45) is 7.05 Å². The summed E-state index contributed by atoms with van der Waals surface area (Å²) >= 11 is 0. The predicted octanol–water partition coefficient (Wildman–Crippen LogP) is 2.77. The molecule has 0 spiro atoms. The molecule has 8 heteroatoms. The molecule has 1 amide bonds. The maximum atomic E-state index is 13.0. The van der Waals surface area contributed by atoms with Crippen molar-refractivity contribution in [3.63, 3.8) is 0 Å². The van der Waals surface area contributed by atoms with Gasteiger partial charge in [0.25, 0.3) is 5.91 Å². The molecule has 32 heavy (non-hydrogen) atoms. The van der Waals surface area contributed by atoms with Crippen LogP contribution in [0.3, 0.4) is 0 Å². The van der Waals surface area contributed by atoms with Crippen molar-refractivity contribution >= 4 is 22.5 Å². The van der Waals surface area contributed by atoms with Crippen molar-refractivity contribution in [3.05, 3.63) is 66.5 Å². The lowest BCUT2D eigenvalue weighted by molar-refractivity contribution is 0.0951. The zero-order valence-corrected chi connectivity index (χ0v) is 18.0. The number of imidazole rings is 1. The van der Waals surface area contributed by atoms with E-state index in [-0.39, 0.29) is 5.91 Å². The summed E-state index contributed by atoms with van der Waals surface area (Å²) in [5.41, 5.74) is 5.35. The number of carbonyl (C=O) groups is 1. The van der Waals surface area contributed by atoms with Crippen molar-refractivity contribution in [2.45, 2.75) is 6.42 Å². The Morgan fingerprint density at radius 1 is 1.19 bits per heavy atom. The van der Waals surface area contributed by atoms with Crippen molar-refractivity contribution in [1.29, 1.82) is 0 Å². The van der Waals surface area contributed by atoms with Crippen LogP contribution < -0.4 is 10.2 Å². The molecule has 0 bridgehead atoms. The van der Waals surface area contributed by atoms with Crippen molar-refractivity contribution < 1.29 is 9.53 Å². The zero-order chi connectivity index (χ0) is 21.9. The number of morpholine rings is 1. The summed E-state index contributed by atoms with van der Waals surface area (Å²) in [4.78, 5) is 27.2. The number of carbonyl (C=O) groups excluding carboxylic acids is 1. The molecule has 1 aliphatic rings. The van der Waals surface area contributed by atoms with E-state index < -0.39 is 0 Å². The quantitative estimate of drug-likeness (QED) is 0.491. The Kier molecular flexibility index (Phi) is 5.60. The minimum atomic E-state index is -0.174. The third-order valence-corrected chi connectivity index (χ3v) is 5.87. The van der Waals surface area contributed by atoms with Gasteiger partial charge in [0, 0.05) is 67.8 Å². The van der Waals surface area contributed by atoms with Gasteiger partial charge in [0.1, 0.15) is 5.69 Å². The van der Waals surface area contributed by atoms with Crippen LogP contribution >= 0.6 is 0 Å². The second-order valence-electron chi connectivity index (χ2n) is 7.94. The van der Waals surface area contributed by atoms with Crippen LogP contribution in [0.5, 0.6) is 0 Å². The lowest BCUT2D eigenvalue weighted by atomic mass is 10.1. The Bertz CT molecular complexity index is 1210. The largest absolute Gasteiger partial charge is 0.378 e. The van der Waals surface area contributed by atoms with E-state index in [1.165, 1.54) is 5.69 Å². The Morgan fingerprint density at radius 3 is 2.75 bits per heavy atom. The van der Waals surface area contributed by atoms with E-state index in [2.05, 4.69) is 44.5 Å². The molecule has 164 valence electrons. The highest BCUT2D eigenvalue weighted by molar-refractivity contribution is 6.05. The molecule has 4 aromatic rings. The number of hydrogen-bond donors (Lipinski definition) is 2. The SMILES string of the molecule is Cn1ccc2c(C(=O)NCCc3cnc[nH]3)nc(-c3ccc(N4CCOCC4)cc3)cc21. The van der Waals surface area contributed by atoms with Crippen molar-refractivity contribution in [1.82, 2.24) is 24.8 Å². The van der Waals surface area contributed by atoms with E-state index in [1.807, 2.05) is 29.9 Å². The fourth-order valence-corrected chi connectivity index (χ4v) is 4.07. The van der Waals surface area contributed by atoms with Gasteiger partial charge in [-0.3, -0.25) is 4.79 Å². The molecule has 0 atom stereocenters. The molecular formula is C24H26N6O2. The number of hydrogen-bond acceptors (Lipinski definition) is 5. The summed E-state index contributed by atoms with van der Waals surface area (Å²) in [6.45, 7) is 3.82. The molecule has 1 aliphatic heterocycles. The number of H-pyrrole nitrogens is 1. The van der Waals surface area contributed by atoms with Gasteiger partial charge in [0.2, 0.25) is 0 Å².